The van der Waals surface area contributed by atoms with Gasteiger partial charge in [-0.3, -0.25) is 4.31 Å². The second kappa shape index (κ2) is 12.7. The van der Waals surface area contributed by atoms with Crippen molar-refractivity contribution in [3.8, 4) is 11.8 Å². The summed E-state index contributed by atoms with van der Waals surface area (Å²) in [7, 11) is -3.90. The Morgan fingerprint density at radius 3 is 1.97 bits per heavy atom. The van der Waals surface area contributed by atoms with Gasteiger partial charge in [-0.2, -0.15) is 0 Å². The van der Waals surface area contributed by atoms with E-state index in [-0.39, 0.29) is 18.0 Å². The molecule has 0 radical (unpaired) electrons. The zero-order valence-corrected chi connectivity index (χ0v) is 21.6. The SMILES string of the molecule is Cc1ccc(S(=O)(=O)N(Cc2ccccc2)/C(C#Cc2ccccc2)=C\COCc2ccccc2)cc1. The minimum atomic E-state index is -3.90. The van der Waals surface area contributed by atoms with Crippen molar-refractivity contribution in [2.24, 2.45) is 0 Å². The van der Waals surface area contributed by atoms with E-state index in [1.165, 1.54) is 4.31 Å². The second-order valence-corrected chi connectivity index (χ2v) is 10.4. The normalized spacial score (nSPS) is 11.4. The van der Waals surface area contributed by atoms with Crippen molar-refractivity contribution >= 4 is 10.0 Å². The fourth-order valence-corrected chi connectivity index (χ4v) is 5.08. The molecule has 0 amide bonds. The van der Waals surface area contributed by atoms with E-state index in [4.69, 9.17) is 4.74 Å². The van der Waals surface area contributed by atoms with Crippen LogP contribution in [0.4, 0.5) is 0 Å². The molecule has 186 valence electrons. The van der Waals surface area contributed by atoms with Crippen LogP contribution in [0, 0.1) is 18.8 Å². The summed E-state index contributed by atoms with van der Waals surface area (Å²) in [6.45, 7) is 2.70. The molecule has 37 heavy (non-hydrogen) atoms. The van der Waals surface area contributed by atoms with Crippen molar-refractivity contribution in [3.63, 3.8) is 0 Å². The van der Waals surface area contributed by atoms with Crippen LogP contribution in [0.5, 0.6) is 0 Å². The van der Waals surface area contributed by atoms with Crippen LogP contribution in [-0.4, -0.2) is 19.3 Å². The number of aryl methyl sites for hydroxylation is 1. The average Bonchev–Trinajstić information content (AvgIpc) is 2.93. The molecule has 0 aliphatic carbocycles. The van der Waals surface area contributed by atoms with E-state index >= 15 is 0 Å². The van der Waals surface area contributed by atoms with Gasteiger partial charge in [-0.1, -0.05) is 102 Å². The summed E-state index contributed by atoms with van der Waals surface area (Å²) in [6, 6.07) is 35.8. The molecule has 0 fully saturated rings. The van der Waals surface area contributed by atoms with Gasteiger partial charge < -0.3 is 4.74 Å². The van der Waals surface area contributed by atoms with Crippen LogP contribution in [0.1, 0.15) is 22.3 Å². The van der Waals surface area contributed by atoms with Gasteiger partial charge in [0.15, 0.2) is 0 Å². The smallest absolute Gasteiger partial charge is 0.265 e. The summed E-state index contributed by atoms with van der Waals surface area (Å²) in [4.78, 5) is 0.214. The summed E-state index contributed by atoms with van der Waals surface area (Å²) < 4.78 is 35.1. The number of nitrogens with zero attached hydrogens (tertiary/aromatic N) is 1. The fourth-order valence-electron chi connectivity index (χ4n) is 3.65. The van der Waals surface area contributed by atoms with Crippen LogP contribution < -0.4 is 0 Å². The first-order valence-corrected chi connectivity index (χ1v) is 13.5. The molecule has 0 atom stereocenters. The Balaban J connectivity index is 1.72. The Hall–Kier alpha value is -4.11. The molecule has 4 aromatic rings. The zero-order valence-electron chi connectivity index (χ0n) is 20.7. The number of hydrogen-bond donors (Lipinski definition) is 0. The molecule has 4 nitrogen and oxygen atoms in total. The predicted octanol–water partition coefficient (Wildman–Crippen LogP) is 6.34. The Kier molecular flexibility index (Phi) is 8.93. The van der Waals surface area contributed by atoms with Crippen molar-refractivity contribution in [2.75, 3.05) is 6.61 Å². The lowest BCUT2D eigenvalue weighted by molar-refractivity contribution is 0.148. The molecular weight excluding hydrogens is 478 g/mol. The minimum Gasteiger partial charge on any atom is -0.373 e. The van der Waals surface area contributed by atoms with Gasteiger partial charge in [-0.05, 0) is 54.3 Å². The standard InChI is InChI=1S/C32H29NO3S/c1-27-17-21-32(22-18-27)37(34,35)33(25-29-13-7-3-8-14-29)31(20-19-28-11-5-2-6-12-28)23-24-36-26-30-15-9-4-10-16-30/h2-18,21-23H,24-26H2,1H3/b31-23-. The Morgan fingerprint density at radius 1 is 0.784 bits per heavy atom. The van der Waals surface area contributed by atoms with E-state index in [9.17, 15) is 8.42 Å². The molecule has 0 saturated heterocycles. The molecule has 0 N–H and O–H groups in total. The van der Waals surface area contributed by atoms with E-state index in [2.05, 4.69) is 11.8 Å². The van der Waals surface area contributed by atoms with Crippen molar-refractivity contribution in [2.45, 2.75) is 25.0 Å². The lowest BCUT2D eigenvalue weighted by atomic mass is 10.2. The summed E-state index contributed by atoms with van der Waals surface area (Å²) in [5.74, 6) is 6.24. The number of rotatable bonds is 9. The Morgan fingerprint density at radius 2 is 1.35 bits per heavy atom. The van der Waals surface area contributed by atoms with Gasteiger partial charge in [-0.15, -0.1) is 0 Å². The Bertz CT molecular complexity index is 1470. The fraction of sp³-hybridized carbons (Fsp3) is 0.125. The third-order valence-electron chi connectivity index (χ3n) is 5.66. The van der Waals surface area contributed by atoms with Gasteiger partial charge in [0.25, 0.3) is 10.0 Å². The molecule has 0 aliphatic heterocycles. The molecule has 0 aliphatic rings. The summed E-state index contributed by atoms with van der Waals surface area (Å²) >= 11 is 0. The number of allylic oxidation sites excluding steroid dienone is 1. The van der Waals surface area contributed by atoms with Crippen LogP contribution in [0.15, 0.2) is 132 Å². The van der Waals surface area contributed by atoms with Gasteiger partial charge in [0.1, 0.15) is 5.70 Å². The zero-order chi connectivity index (χ0) is 25.9. The van der Waals surface area contributed by atoms with Crippen LogP contribution >= 0.6 is 0 Å². The van der Waals surface area contributed by atoms with Crippen molar-refractivity contribution in [1.29, 1.82) is 0 Å². The third-order valence-corrected chi connectivity index (χ3v) is 7.44. The van der Waals surface area contributed by atoms with Crippen molar-refractivity contribution < 1.29 is 13.2 Å². The quantitative estimate of drug-likeness (QED) is 0.196. The molecule has 4 rings (SSSR count). The van der Waals surface area contributed by atoms with Crippen LogP contribution in [0.3, 0.4) is 0 Å². The van der Waals surface area contributed by atoms with Crippen molar-refractivity contribution in [1.82, 2.24) is 4.31 Å². The number of benzene rings is 4. The van der Waals surface area contributed by atoms with E-state index < -0.39 is 10.0 Å². The van der Waals surface area contributed by atoms with Gasteiger partial charge in [0.2, 0.25) is 0 Å². The topological polar surface area (TPSA) is 46.6 Å². The number of hydrogen-bond acceptors (Lipinski definition) is 3. The highest BCUT2D eigenvalue weighted by atomic mass is 32.2. The molecular formula is C32H29NO3S. The highest BCUT2D eigenvalue weighted by Crippen LogP contribution is 2.24. The van der Waals surface area contributed by atoms with Gasteiger partial charge in [0.05, 0.1) is 24.7 Å². The highest BCUT2D eigenvalue weighted by molar-refractivity contribution is 7.89. The maximum atomic E-state index is 13.9. The van der Waals surface area contributed by atoms with E-state index in [1.807, 2.05) is 97.9 Å². The van der Waals surface area contributed by atoms with Crippen LogP contribution in [-0.2, 0) is 27.9 Å². The first-order valence-electron chi connectivity index (χ1n) is 12.0. The molecule has 0 spiro atoms. The summed E-state index contributed by atoms with van der Waals surface area (Å²) in [5, 5.41) is 0. The van der Waals surface area contributed by atoms with Crippen LogP contribution in [0.2, 0.25) is 0 Å². The van der Waals surface area contributed by atoms with Crippen LogP contribution in [0.25, 0.3) is 0 Å². The largest absolute Gasteiger partial charge is 0.373 e. The second-order valence-electron chi connectivity index (χ2n) is 8.52. The first-order chi connectivity index (χ1) is 18.0. The number of sulfonamides is 1. The minimum absolute atomic E-state index is 0.144. The lowest BCUT2D eigenvalue weighted by Gasteiger charge is -2.25. The summed E-state index contributed by atoms with van der Waals surface area (Å²) in [5.41, 5.74) is 4.05. The monoisotopic (exact) mass is 507 g/mol. The number of ether oxygens (including phenoxy) is 1. The van der Waals surface area contributed by atoms with Gasteiger partial charge in [-0.25, -0.2) is 8.42 Å². The average molecular weight is 508 g/mol. The van der Waals surface area contributed by atoms with Gasteiger partial charge in [0, 0.05) is 5.56 Å². The Labute approximate surface area is 219 Å². The molecule has 0 bridgehead atoms. The maximum absolute atomic E-state index is 13.9. The molecule has 0 unspecified atom stereocenters. The van der Waals surface area contributed by atoms with Gasteiger partial charge >= 0.3 is 0 Å². The highest BCUT2D eigenvalue weighted by Gasteiger charge is 2.26. The summed E-state index contributed by atoms with van der Waals surface area (Å²) in [6.07, 6.45) is 1.74. The predicted molar refractivity (Wildman–Crippen MR) is 148 cm³/mol. The molecule has 0 heterocycles. The molecule has 4 aromatic carbocycles. The van der Waals surface area contributed by atoms with Crippen molar-refractivity contribution in [3.05, 3.63) is 149 Å². The molecule has 0 aromatic heterocycles. The first kappa shape index (κ1) is 26.0. The molecule has 0 saturated carbocycles. The molecule has 5 heteroatoms. The van der Waals surface area contributed by atoms with E-state index in [0.717, 1.165) is 22.3 Å². The van der Waals surface area contributed by atoms with E-state index in [1.54, 1.807) is 30.3 Å². The van der Waals surface area contributed by atoms with E-state index in [0.29, 0.717) is 12.3 Å². The lowest BCUT2D eigenvalue weighted by Crippen LogP contribution is -2.30. The third kappa shape index (κ3) is 7.44. The maximum Gasteiger partial charge on any atom is 0.265 e.